The minimum atomic E-state index is 0.486. The predicted molar refractivity (Wildman–Crippen MR) is 53.5 cm³/mol. The van der Waals surface area contributed by atoms with Crippen molar-refractivity contribution in [2.45, 2.75) is 6.92 Å². The molecule has 2 N–H and O–H groups in total. The lowest BCUT2D eigenvalue weighted by atomic mass is 10.2. The van der Waals surface area contributed by atoms with Crippen molar-refractivity contribution in [1.29, 1.82) is 0 Å². The summed E-state index contributed by atoms with van der Waals surface area (Å²) in [5.41, 5.74) is 5.54. The quantitative estimate of drug-likeness (QED) is 0.733. The van der Waals surface area contributed by atoms with Gasteiger partial charge in [-0.05, 0) is 18.5 Å². The van der Waals surface area contributed by atoms with Crippen LogP contribution in [0.25, 0.3) is 0 Å². The van der Waals surface area contributed by atoms with Crippen LogP contribution in [0.1, 0.15) is 6.92 Å². The van der Waals surface area contributed by atoms with Gasteiger partial charge >= 0.3 is 0 Å². The van der Waals surface area contributed by atoms with Crippen LogP contribution in [-0.4, -0.2) is 30.1 Å². The molecule has 0 saturated carbocycles. The van der Waals surface area contributed by atoms with Gasteiger partial charge in [-0.1, -0.05) is 6.92 Å². The number of nitrogens with zero attached hydrogens (tertiary/aromatic N) is 3. The fourth-order valence-electron chi connectivity index (χ4n) is 1.15. The third-order valence-corrected chi connectivity index (χ3v) is 1.95. The molecule has 1 rings (SSSR count). The summed E-state index contributed by atoms with van der Waals surface area (Å²) < 4.78 is 0. The lowest BCUT2D eigenvalue weighted by Gasteiger charge is -2.20. The molecular weight excluding hydrogens is 164 g/mol. The van der Waals surface area contributed by atoms with E-state index in [0.717, 1.165) is 12.4 Å². The van der Waals surface area contributed by atoms with Gasteiger partial charge in [0.1, 0.15) is 12.1 Å². The highest BCUT2D eigenvalue weighted by Crippen LogP contribution is 2.07. The number of nitrogens with two attached hydrogens (primary N) is 1. The van der Waals surface area contributed by atoms with Crippen LogP contribution in [-0.2, 0) is 0 Å². The maximum Gasteiger partial charge on any atom is 0.131 e. The minimum absolute atomic E-state index is 0.486. The second-order valence-electron chi connectivity index (χ2n) is 3.29. The molecule has 0 saturated heterocycles. The molecule has 1 unspecified atom stereocenters. The largest absolute Gasteiger partial charge is 0.359 e. The van der Waals surface area contributed by atoms with E-state index in [4.69, 9.17) is 5.73 Å². The van der Waals surface area contributed by atoms with Crippen molar-refractivity contribution in [1.82, 2.24) is 9.97 Å². The van der Waals surface area contributed by atoms with E-state index in [1.165, 1.54) is 0 Å². The highest BCUT2D eigenvalue weighted by Gasteiger charge is 2.05. The summed E-state index contributed by atoms with van der Waals surface area (Å²) in [4.78, 5) is 10.1. The molecule has 1 atom stereocenters. The van der Waals surface area contributed by atoms with Gasteiger partial charge in [0.25, 0.3) is 0 Å². The molecule has 1 aromatic heterocycles. The smallest absolute Gasteiger partial charge is 0.131 e. The Bertz CT molecular complexity index is 237. The number of hydrogen-bond acceptors (Lipinski definition) is 4. The molecule has 0 fully saturated rings. The summed E-state index contributed by atoms with van der Waals surface area (Å²) in [5, 5.41) is 0. The number of hydrogen-bond donors (Lipinski definition) is 1. The molecule has 72 valence electrons. The molecule has 4 nitrogen and oxygen atoms in total. The van der Waals surface area contributed by atoms with Crippen LogP contribution in [0.5, 0.6) is 0 Å². The molecule has 0 aliphatic heterocycles. The van der Waals surface area contributed by atoms with Crippen molar-refractivity contribution in [2.75, 3.05) is 25.0 Å². The van der Waals surface area contributed by atoms with E-state index < -0.39 is 0 Å². The van der Waals surface area contributed by atoms with Crippen molar-refractivity contribution >= 4 is 5.82 Å². The van der Waals surface area contributed by atoms with Gasteiger partial charge < -0.3 is 10.6 Å². The average Bonchev–Trinajstić information content (AvgIpc) is 2.19. The topological polar surface area (TPSA) is 55.0 Å². The summed E-state index contributed by atoms with van der Waals surface area (Å²) in [6, 6.07) is 1.89. The van der Waals surface area contributed by atoms with Gasteiger partial charge in [-0.15, -0.1) is 0 Å². The van der Waals surface area contributed by atoms with Gasteiger partial charge in [0, 0.05) is 19.8 Å². The first-order valence-electron chi connectivity index (χ1n) is 4.41. The standard InChI is InChI=1S/C9H16N4/c1-8(5-10)6-13(2)9-3-4-11-7-12-9/h3-4,7-8H,5-6,10H2,1-2H3. The van der Waals surface area contributed by atoms with Crippen LogP contribution in [0.4, 0.5) is 5.82 Å². The summed E-state index contributed by atoms with van der Waals surface area (Å²) in [6.07, 6.45) is 3.30. The highest BCUT2D eigenvalue weighted by molar-refractivity contribution is 5.34. The van der Waals surface area contributed by atoms with Crippen molar-refractivity contribution in [2.24, 2.45) is 11.7 Å². The monoisotopic (exact) mass is 180 g/mol. The molecule has 1 heterocycles. The summed E-state index contributed by atoms with van der Waals surface area (Å²) in [5.74, 6) is 1.43. The van der Waals surface area contributed by atoms with E-state index in [1.54, 1.807) is 12.5 Å². The third kappa shape index (κ3) is 2.99. The van der Waals surface area contributed by atoms with E-state index in [2.05, 4.69) is 21.8 Å². The minimum Gasteiger partial charge on any atom is -0.359 e. The first-order chi connectivity index (χ1) is 6.24. The van der Waals surface area contributed by atoms with Gasteiger partial charge in [-0.3, -0.25) is 0 Å². The van der Waals surface area contributed by atoms with Crippen molar-refractivity contribution < 1.29 is 0 Å². The van der Waals surface area contributed by atoms with E-state index in [9.17, 15) is 0 Å². The number of anilines is 1. The second kappa shape index (κ2) is 4.77. The third-order valence-electron chi connectivity index (χ3n) is 1.95. The van der Waals surface area contributed by atoms with Gasteiger partial charge in [0.2, 0.25) is 0 Å². The second-order valence-corrected chi connectivity index (χ2v) is 3.29. The molecule has 0 bridgehead atoms. The van der Waals surface area contributed by atoms with Crippen molar-refractivity contribution in [3.63, 3.8) is 0 Å². The molecular formula is C9H16N4. The molecule has 0 amide bonds. The highest BCUT2D eigenvalue weighted by atomic mass is 15.2. The zero-order valence-electron chi connectivity index (χ0n) is 8.14. The summed E-state index contributed by atoms with van der Waals surface area (Å²) in [6.45, 7) is 3.75. The van der Waals surface area contributed by atoms with E-state index in [-0.39, 0.29) is 0 Å². The first-order valence-corrected chi connectivity index (χ1v) is 4.41. The lowest BCUT2D eigenvalue weighted by Crippen LogP contribution is -2.28. The maximum absolute atomic E-state index is 5.54. The van der Waals surface area contributed by atoms with Crippen LogP contribution in [0.2, 0.25) is 0 Å². The zero-order valence-corrected chi connectivity index (χ0v) is 8.14. The average molecular weight is 180 g/mol. The van der Waals surface area contributed by atoms with Crippen LogP contribution in [0.3, 0.4) is 0 Å². The predicted octanol–water partition coefficient (Wildman–Crippen LogP) is 0.508. The molecule has 0 radical (unpaired) electrons. The Morgan fingerprint density at radius 2 is 2.38 bits per heavy atom. The molecule has 1 aromatic rings. The SMILES string of the molecule is CC(CN)CN(C)c1ccncn1. The Labute approximate surface area is 78.8 Å². The maximum atomic E-state index is 5.54. The van der Waals surface area contributed by atoms with E-state index in [1.807, 2.05) is 13.1 Å². The van der Waals surface area contributed by atoms with Gasteiger partial charge in [0.05, 0.1) is 0 Å². The van der Waals surface area contributed by atoms with Crippen molar-refractivity contribution in [3.05, 3.63) is 18.6 Å². The Hall–Kier alpha value is -1.16. The molecule has 13 heavy (non-hydrogen) atoms. The molecule has 0 aliphatic carbocycles. The van der Waals surface area contributed by atoms with Gasteiger partial charge in [-0.25, -0.2) is 9.97 Å². The fourth-order valence-corrected chi connectivity index (χ4v) is 1.15. The van der Waals surface area contributed by atoms with Crippen LogP contribution >= 0.6 is 0 Å². The molecule has 0 aromatic carbocycles. The lowest BCUT2D eigenvalue weighted by molar-refractivity contribution is 0.587. The molecule has 0 spiro atoms. The van der Waals surface area contributed by atoms with Gasteiger partial charge in [-0.2, -0.15) is 0 Å². The van der Waals surface area contributed by atoms with E-state index >= 15 is 0 Å². The Balaban J connectivity index is 2.53. The van der Waals surface area contributed by atoms with E-state index in [0.29, 0.717) is 12.5 Å². The normalized spacial score (nSPS) is 12.5. The summed E-state index contributed by atoms with van der Waals surface area (Å²) >= 11 is 0. The number of rotatable bonds is 4. The zero-order chi connectivity index (χ0) is 9.68. The molecule has 4 heteroatoms. The van der Waals surface area contributed by atoms with Gasteiger partial charge in [0.15, 0.2) is 0 Å². The van der Waals surface area contributed by atoms with Crippen molar-refractivity contribution in [3.8, 4) is 0 Å². The number of aromatic nitrogens is 2. The van der Waals surface area contributed by atoms with Crippen LogP contribution < -0.4 is 10.6 Å². The van der Waals surface area contributed by atoms with Crippen LogP contribution in [0, 0.1) is 5.92 Å². The Kier molecular flexibility index (Phi) is 3.64. The molecule has 0 aliphatic rings. The Morgan fingerprint density at radius 3 is 2.92 bits per heavy atom. The fraction of sp³-hybridized carbons (Fsp3) is 0.556. The summed E-state index contributed by atoms with van der Waals surface area (Å²) in [7, 11) is 2.01. The van der Waals surface area contributed by atoms with Crippen LogP contribution in [0.15, 0.2) is 18.6 Å². The first kappa shape index (κ1) is 9.92. The Morgan fingerprint density at radius 1 is 1.62 bits per heavy atom.